The molecule has 3 heterocycles. The van der Waals surface area contributed by atoms with E-state index in [1.165, 1.54) is 14.7 Å². The Balaban J connectivity index is 1.44. The highest BCUT2D eigenvalue weighted by atomic mass is 16.6. The van der Waals surface area contributed by atoms with Crippen molar-refractivity contribution in [2.75, 3.05) is 32.1 Å². The number of nitrogens with one attached hydrogen (secondary N) is 1. The van der Waals surface area contributed by atoms with Gasteiger partial charge in [-0.1, -0.05) is 51.8 Å². The molecule has 0 radical (unpaired) electrons. The smallest absolute Gasteiger partial charge is 0.410 e. The Morgan fingerprint density at radius 1 is 1.26 bits per heavy atom. The molecule has 3 aliphatic heterocycles. The Labute approximate surface area is 229 Å². The molecule has 2 saturated heterocycles. The Bertz CT molecular complexity index is 1230. The number of anilines is 1. The number of carbonyl (C=O) groups is 4. The van der Waals surface area contributed by atoms with Gasteiger partial charge in [0.05, 0.1) is 13.0 Å². The molecule has 5 rings (SSSR count). The summed E-state index contributed by atoms with van der Waals surface area (Å²) < 4.78 is 5.14. The third-order valence-corrected chi connectivity index (χ3v) is 8.50. The molecule has 10 heteroatoms. The van der Waals surface area contributed by atoms with Crippen LogP contribution in [0.5, 0.6) is 0 Å². The minimum atomic E-state index is -0.996. The second-order valence-corrected chi connectivity index (χ2v) is 12.6. The first-order chi connectivity index (χ1) is 18.4. The molecule has 208 valence electrons. The summed E-state index contributed by atoms with van der Waals surface area (Å²) in [6.45, 7) is 14.6. The number of hydrogen-bond donors (Lipinski definition) is 1. The number of fused-ring (bicyclic) bond motifs is 2. The molecule has 10 nitrogen and oxygen atoms in total. The molecule has 0 bridgehead atoms. The maximum absolute atomic E-state index is 14.3. The van der Waals surface area contributed by atoms with E-state index < -0.39 is 29.8 Å². The molecular weight excluding hydrogens is 498 g/mol. The number of cyclic esters (lactones) is 1. The van der Waals surface area contributed by atoms with Crippen LogP contribution in [0.4, 0.5) is 10.5 Å². The molecule has 4 atom stereocenters. The minimum absolute atomic E-state index is 0.0777. The van der Waals surface area contributed by atoms with E-state index in [2.05, 4.69) is 10.2 Å². The molecule has 1 saturated carbocycles. The van der Waals surface area contributed by atoms with Gasteiger partial charge in [0.25, 0.3) is 5.91 Å². The van der Waals surface area contributed by atoms with E-state index >= 15 is 0 Å². The zero-order valence-electron chi connectivity index (χ0n) is 23.1. The topological polar surface area (TPSA) is 104 Å². The number of amides is 4. The molecular formula is C29H37N5O5. The van der Waals surface area contributed by atoms with Crippen LogP contribution in [0.3, 0.4) is 0 Å². The van der Waals surface area contributed by atoms with Crippen LogP contribution >= 0.6 is 0 Å². The summed E-state index contributed by atoms with van der Waals surface area (Å²) in [6.07, 6.45) is 1.83. The van der Waals surface area contributed by atoms with Crippen molar-refractivity contribution >= 4 is 29.5 Å². The van der Waals surface area contributed by atoms with Crippen molar-refractivity contribution in [3.8, 4) is 0 Å². The summed E-state index contributed by atoms with van der Waals surface area (Å²) >= 11 is 0. The second kappa shape index (κ2) is 9.85. The highest BCUT2D eigenvalue weighted by molar-refractivity contribution is 6.07. The molecule has 0 unspecified atom stereocenters. The maximum Gasteiger partial charge on any atom is 0.410 e. The van der Waals surface area contributed by atoms with Crippen LogP contribution in [-0.2, 0) is 24.5 Å². The van der Waals surface area contributed by atoms with Crippen molar-refractivity contribution in [1.82, 2.24) is 14.7 Å². The molecule has 1 aliphatic carbocycles. The lowest BCUT2D eigenvalue weighted by Crippen LogP contribution is -2.56. The number of nitrogens with zero attached hydrogens (tertiary/aromatic N) is 4. The first-order valence-electron chi connectivity index (χ1n) is 13.7. The van der Waals surface area contributed by atoms with Gasteiger partial charge in [-0.3, -0.25) is 29.0 Å². The molecule has 1 spiro atoms. The Kier molecular flexibility index (Phi) is 6.81. The largest absolute Gasteiger partial charge is 0.448 e. The van der Waals surface area contributed by atoms with Crippen molar-refractivity contribution in [1.29, 1.82) is 0 Å². The fraction of sp³-hybridized carbons (Fsp3) is 0.621. The first kappa shape index (κ1) is 27.0. The van der Waals surface area contributed by atoms with Gasteiger partial charge in [-0.2, -0.15) is 0 Å². The van der Waals surface area contributed by atoms with E-state index in [1.807, 2.05) is 45.0 Å². The highest BCUT2D eigenvalue weighted by Gasteiger charge is 2.59. The molecule has 1 N–H and O–H groups in total. The third kappa shape index (κ3) is 4.95. The van der Waals surface area contributed by atoms with E-state index in [-0.39, 0.29) is 42.7 Å². The summed E-state index contributed by atoms with van der Waals surface area (Å²) in [7, 11) is 1.62. The molecule has 39 heavy (non-hydrogen) atoms. The van der Waals surface area contributed by atoms with Crippen LogP contribution in [0.25, 0.3) is 4.85 Å². The monoisotopic (exact) mass is 535 g/mol. The zero-order valence-corrected chi connectivity index (χ0v) is 23.1. The first-order valence-corrected chi connectivity index (χ1v) is 13.7. The van der Waals surface area contributed by atoms with E-state index in [4.69, 9.17) is 11.3 Å². The van der Waals surface area contributed by atoms with Crippen molar-refractivity contribution in [3.63, 3.8) is 0 Å². The fourth-order valence-corrected chi connectivity index (χ4v) is 6.23. The van der Waals surface area contributed by atoms with Gasteiger partial charge < -0.3 is 15.0 Å². The number of carbonyl (C=O) groups excluding carboxylic acids is 4. The standard InChI is InChI=1S/C29H37N5O5/c1-28(2,3)15-22(32(5)24(35)21(14-18-10-11-18)33-12-13-39-27(33)38)25(36)34-17-29(16-23(34)30-4)19-8-6-7-9-20(19)31-26(29)37/h6-9,18,21-23H,10-17H2,1-3,5H3,(H,31,37)/t21-,22-,23-,29-/m0/s1. The van der Waals surface area contributed by atoms with E-state index in [0.717, 1.165) is 18.4 Å². The van der Waals surface area contributed by atoms with Gasteiger partial charge >= 0.3 is 12.3 Å². The normalized spacial score (nSPS) is 25.7. The van der Waals surface area contributed by atoms with Crippen LogP contribution in [0.15, 0.2) is 24.3 Å². The summed E-state index contributed by atoms with van der Waals surface area (Å²) in [5, 5.41) is 2.92. The summed E-state index contributed by atoms with van der Waals surface area (Å²) in [6, 6.07) is 5.87. The molecule has 0 aromatic heterocycles. The number of ether oxygens (including phenoxy) is 1. The predicted molar refractivity (Wildman–Crippen MR) is 143 cm³/mol. The highest BCUT2D eigenvalue weighted by Crippen LogP contribution is 2.47. The molecule has 1 aromatic rings. The molecule has 4 amide bonds. The number of rotatable bonds is 7. The Morgan fingerprint density at radius 2 is 1.97 bits per heavy atom. The van der Waals surface area contributed by atoms with Crippen LogP contribution in [0.1, 0.15) is 58.4 Å². The SMILES string of the molecule is [C-]#[N+][C@@H]1C[C@@]2(CN1C(=O)[C@H](CC(C)(C)C)N(C)C(=O)[C@H](CC1CC1)N1CCOC1=O)C(=O)Nc1ccccc12. The average molecular weight is 536 g/mol. The average Bonchev–Trinajstić information content (AvgIpc) is 3.37. The molecule has 4 aliphatic rings. The lowest BCUT2D eigenvalue weighted by molar-refractivity contribution is -0.148. The van der Waals surface area contributed by atoms with Crippen molar-refractivity contribution in [2.24, 2.45) is 11.3 Å². The van der Waals surface area contributed by atoms with Crippen LogP contribution < -0.4 is 5.32 Å². The fourth-order valence-electron chi connectivity index (χ4n) is 6.23. The number of benzene rings is 1. The quantitative estimate of drug-likeness (QED) is 0.540. The molecule has 3 fully saturated rings. The minimum Gasteiger partial charge on any atom is -0.448 e. The van der Waals surface area contributed by atoms with E-state index in [0.29, 0.717) is 31.0 Å². The van der Waals surface area contributed by atoms with Gasteiger partial charge in [-0.05, 0) is 35.8 Å². The lowest BCUT2D eigenvalue weighted by atomic mass is 9.80. The lowest BCUT2D eigenvalue weighted by Gasteiger charge is -2.37. The number of hydrogen-bond acceptors (Lipinski definition) is 5. The Morgan fingerprint density at radius 3 is 2.59 bits per heavy atom. The van der Waals surface area contributed by atoms with Crippen LogP contribution in [-0.4, -0.2) is 83.5 Å². The zero-order chi connectivity index (χ0) is 28.1. The summed E-state index contributed by atoms with van der Waals surface area (Å²) in [4.78, 5) is 62.2. The number of likely N-dealkylation sites (tertiary alicyclic amines) is 1. The number of likely N-dealkylation sites (N-methyl/N-ethyl adjacent to an activating group) is 1. The van der Waals surface area contributed by atoms with Gasteiger partial charge in [-0.15, -0.1) is 0 Å². The van der Waals surface area contributed by atoms with Gasteiger partial charge in [0.2, 0.25) is 11.8 Å². The van der Waals surface area contributed by atoms with Gasteiger partial charge in [0.15, 0.2) is 0 Å². The van der Waals surface area contributed by atoms with Gasteiger partial charge in [-0.25, -0.2) is 11.4 Å². The van der Waals surface area contributed by atoms with Gasteiger partial charge in [0.1, 0.15) is 24.1 Å². The van der Waals surface area contributed by atoms with Crippen LogP contribution in [0.2, 0.25) is 0 Å². The summed E-state index contributed by atoms with van der Waals surface area (Å²) in [5.41, 5.74) is 0.201. The Hall–Kier alpha value is -3.61. The predicted octanol–water partition coefficient (Wildman–Crippen LogP) is 3.24. The summed E-state index contributed by atoms with van der Waals surface area (Å²) in [5.74, 6) is -0.463. The number of para-hydroxylation sites is 1. The van der Waals surface area contributed by atoms with Crippen molar-refractivity contribution in [3.05, 3.63) is 41.2 Å². The van der Waals surface area contributed by atoms with E-state index in [9.17, 15) is 19.2 Å². The van der Waals surface area contributed by atoms with Crippen LogP contribution in [0, 0.1) is 17.9 Å². The molecule has 1 aromatic carbocycles. The van der Waals surface area contributed by atoms with Gasteiger partial charge in [0, 0.05) is 19.3 Å². The van der Waals surface area contributed by atoms with Crippen molar-refractivity contribution in [2.45, 2.75) is 76.5 Å². The second-order valence-electron chi connectivity index (χ2n) is 12.6. The van der Waals surface area contributed by atoms with Crippen molar-refractivity contribution < 1.29 is 23.9 Å². The van der Waals surface area contributed by atoms with E-state index in [1.54, 1.807) is 7.05 Å². The maximum atomic E-state index is 14.3. The third-order valence-electron chi connectivity index (χ3n) is 8.50.